The zero-order valence-electron chi connectivity index (χ0n) is 14.1. The van der Waals surface area contributed by atoms with Gasteiger partial charge in [0.1, 0.15) is 10.6 Å². The molecule has 1 N–H and O–H groups in total. The van der Waals surface area contributed by atoms with Crippen molar-refractivity contribution in [1.82, 2.24) is 4.31 Å². The molecule has 9 heteroatoms. The molecule has 0 spiro atoms. The maximum atomic E-state index is 12.7. The van der Waals surface area contributed by atoms with E-state index in [1.165, 1.54) is 22.5 Å². The summed E-state index contributed by atoms with van der Waals surface area (Å²) >= 11 is 11.8. The Morgan fingerprint density at radius 2 is 1.96 bits per heavy atom. The summed E-state index contributed by atoms with van der Waals surface area (Å²) in [5, 5.41) is 19.1. The fraction of sp³-hybridized carbons (Fsp3) is 0.278. The van der Waals surface area contributed by atoms with Gasteiger partial charge in [0.2, 0.25) is 10.0 Å². The average molecular weight is 427 g/mol. The molecular formula is C18H16Cl2N2O4S. The van der Waals surface area contributed by atoms with Crippen LogP contribution < -0.4 is 4.74 Å². The van der Waals surface area contributed by atoms with Gasteiger partial charge in [-0.2, -0.15) is 9.57 Å². The van der Waals surface area contributed by atoms with Gasteiger partial charge in [0.05, 0.1) is 35.3 Å². The van der Waals surface area contributed by atoms with Gasteiger partial charge >= 0.3 is 0 Å². The molecule has 1 aliphatic rings. The largest absolute Gasteiger partial charge is 0.493 e. The third kappa shape index (κ3) is 4.05. The van der Waals surface area contributed by atoms with Crippen LogP contribution in [-0.4, -0.2) is 44.1 Å². The van der Waals surface area contributed by atoms with Crippen LogP contribution in [0.2, 0.25) is 10.0 Å². The van der Waals surface area contributed by atoms with Gasteiger partial charge in [-0.25, -0.2) is 8.42 Å². The molecule has 0 bridgehead atoms. The summed E-state index contributed by atoms with van der Waals surface area (Å²) in [6.45, 7) is 0.0928. The molecule has 1 heterocycles. The summed E-state index contributed by atoms with van der Waals surface area (Å²) in [5.74, 6) is 0.490. The molecule has 0 aromatic heterocycles. The number of nitrogens with zero attached hydrogens (tertiary/aromatic N) is 2. The molecule has 2 aromatic rings. The molecule has 0 radical (unpaired) electrons. The predicted octanol–water partition coefficient (Wildman–Crippen LogP) is 2.93. The van der Waals surface area contributed by atoms with Crippen molar-refractivity contribution in [2.24, 2.45) is 5.41 Å². The molecule has 0 unspecified atom stereocenters. The van der Waals surface area contributed by atoms with Gasteiger partial charge in [-0.05, 0) is 36.4 Å². The molecule has 2 aromatic carbocycles. The fourth-order valence-electron chi connectivity index (χ4n) is 2.82. The molecule has 6 nitrogen and oxygen atoms in total. The summed E-state index contributed by atoms with van der Waals surface area (Å²) in [7, 11) is -3.79. The molecule has 0 atom stereocenters. The highest BCUT2D eigenvalue weighted by Gasteiger charge is 2.49. The average Bonchev–Trinajstić information content (AvgIpc) is 2.60. The van der Waals surface area contributed by atoms with E-state index in [9.17, 15) is 13.5 Å². The van der Waals surface area contributed by atoms with Gasteiger partial charge in [-0.1, -0.05) is 29.3 Å². The molecule has 1 saturated heterocycles. The Kier molecular flexibility index (Phi) is 5.65. The Hall–Kier alpha value is -1.82. The van der Waals surface area contributed by atoms with E-state index >= 15 is 0 Å². The minimum Gasteiger partial charge on any atom is -0.493 e. The SMILES string of the molecule is N#Cc1cccc(OCC2(CO)CN(S(=O)(=O)c3ccc(Cl)cc3Cl)C2)c1. The number of benzene rings is 2. The Bertz CT molecular complexity index is 999. The first-order chi connectivity index (χ1) is 12.8. The third-order valence-corrected chi connectivity index (χ3v) is 6.89. The fourth-order valence-corrected chi connectivity index (χ4v) is 5.24. The van der Waals surface area contributed by atoms with Crippen LogP contribution in [0.25, 0.3) is 0 Å². The zero-order chi connectivity index (χ0) is 19.7. The first-order valence-electron chi connectivity index (χ1n) is 7.99. The van der Waals surface area contributed by atoms with Crippen LogP contribution in [0.4, 0.5) is 0 Å². The van der Waals surface area contributed by atoms with E-state index in [4.69, 9.17) is 33.2 Å². The first-order valence-corrected chi connectivity index (χ1v) is 10.2. The van der Waals surface area contributed by atoms with Crippen molar-refractivity contribution in [2.45, 2.75) is 4.90 Å². The Morgan fingerprint density at radius 1 is 1.22 bits per heavy atom. The van der Waals surface area contributed by atoms with Gasteiger partial charge < -0.3 is 9.84 Å². The second-order valence-electron chi connectivity index (χ2n) is 6.43. The number of nitriles is 1. The minimum atomic E-state index is -3.79. The highest BCUT2D eigenvalue weighted by molar-refractivity contribution is 7.89. The summed E-state index contributed by atoms with van der Waals surface area (Å²) in [6, 6.07) is 12.9. The van der Waals surface area contributed by atoms with E-state index in [2.05, 4.69) is 0 Å². The van der Waals surface area contributed by atoms with Gasteiger partial charge in [-0.15, -0.1) is 0 Å². The zero-order valence-corrected chi connectivity index (χ0v) is 16.4. The third-order valence-electron chi connectivity index (χ3n) is 4.38. The molecule has 27 heavy (non-hydrogen) atoms. The van der Waals surface area contributed by atoms with Gasteiger partial charge in [-0.3, -0.25) is 0 Å². The van der Waals surface area contributed by atoms with E-state index in [-0.39, 0.29) is 36.2 Å². The topological polar surface area (TPSA) is 90.6 Å². The van der Waals surface area contributed by atoms with Crippen molar-refractivity contribution in [2.75, 3.05) is 26.3 Å². The number of halogens is 2. The van der Waals surface area contributed by atoms with Crippen LogP contribution >= 0.6 is 23.2 Å². The van der Waals surface area contributed by atoms with Gasteiger partial charge in [0.15, 0.2) is 0 Å². The lowest BCUT2D eigenvalue weighted by Gasteiger charge is -2.47. The molecule has 3 rings (SSSR count). The number of aliphatic hydroxyl groups is 1. The van der Waals surface area contributed by atoms with Crippen LogP contribution in [0.3, 0.4) is 0 Å². The first kappa shape index (κ1) is 19.9. The number of rotatable bonds is 6. The van der Waals surface area contributed by atoms with Crippen LogP contribution in [0, 0.1) is 16.7 Å². The maximum Gasteiger partial charge on any atom is 0.244 e. The van der Waals surface area contributed by atoms with Crippen LogP contribution in [0.5, 0.6) is 5.75 Å². The standard InChI is InChI=1S/C18H16Cl2N2O4S/c19-14-4-5-17(16(20)7-14)27(24,25)22-9-18(10-22,11-23)12-26-15-3-1-2-13(6-15)8-21/h1-7,23H,9-12H2. The van der Waals surface area contributed by atoms with Crippen molar-refractivity contribution < 1.29 is 18.3 Å². The molecular weight excluding hydrogens is 411 g/mol. The number of ether oxygens (including phenoxy) is 1. The number of sulfonamides is 1. The van der Waals surface area contributed by atoms with E-state index in [0.717, 1.165) is 0 Å². The maximum absolute atomic E-state index is 12.7. The van der Waals surface area contributed by atoms with Crippen LogP contribution in [-0.2, 0) is 10.0 Å². The van der Waals surface area contributed by atoms with Crippen LogP contribution in [0.15, 0.2) is 47.4 Å². The van der Waals surface area contributed by atoms with Crippen LogP contribution in [0.1, 0.15) is 5.56 Å². The lowest BCUT2D eigenvalue weighted by Crippen LogP contribution is -2.62. The minimum absolute atomic E-state index is 0.0252. The highest BCUT2D eigenvalue weighted by atomic mass is 35.5. The number of hydrogen-bond donors (Lipinski definition) is 1. The van der Waals surface area contributed by atoms with Crippen molar-refractivity contribution >= 4 is 33.2 Å². The van der Waals surface area contributed by atoms with Gasteiger partial charge in [0, 0.05) is 18.1 Å². The molecule has 0 amide bonds. The lowest BCUT2D eigenvalue weighted by atomic mass is 9.83. The Morgan fingerprint density at radius 3 is 2.59 bits per heavy atom. The summed E-state index contributed by atoms with van der Waals surface area (Å²) in [4.78, 5) is -0.0252. The second-order valence-corrected chi connectivity index (χ2v) is 9.18. The van der Waals surface area contributed by atoms with E-state index in [0.29, 0.717) is 16.3 Å². The Labute approximate surface area is 167 Å². The van der Waals surface area contributed by atoms with E-state index < -0.39 is 15.4 Å². The second kappa shape index (κ2) is 7.66. The summed E-state index contributed by atoms with van der Waals surface area (Å²) in [6.07, 6.45) is 0. The monoisotopic (exact) mass is 426 g/mol. The molecule has 1 aliphatic heterocycles. The van der Waals surface area contributed by atoms with Crippen molar-refractivity contribution in [3.8, 4) is 11.8 Å². The van der Waals surface area contributed by atoms with Crippen molar-refractivity contribution in [3.63, 3.8) is 0 Å². The Balaban J connectivity index is 1.70. The summed E-state index contributed by atoms with van der Waals surface area (Å²) in [5.41, 5.74) is -0.255. The van der Waals surface area contributed by atoms with E-state index in [1.807, 2.05) is 6.07 Å². The van der Waals surface area contributed by atoms with Crippen molar-refractivity contribution in [3.05, 3.63) is 58.1 Å². The van der Waals surface area contributed by atoms with E-state index in [1.54, 1.807) is 24.3 Å². The smallest absolute Gasteiger partial charge is 0.244 e. The lowest BCUT2D eigenvalue weighted by molar-refractivity contribution is -0.0272. The quantitative estimate of drug-likeness (QED) is 0.766. The highest BCUT2D eigenvalue weighted by Crippen LogP contribution is 2.37. The van der Waals surface area contributed by atoms with Crippen molar-refractivity contribution in [1.29, 1.82) is 5.26 Å². The number of hydrogen-bond acceptors (Lipinski definition) is 5. The van der Waals surface area contributed by atoms with Gasteiger partial charge in [0.25, 0.3) is 0 Å². The predicted molar refractivity (Wildman–Crippen MR) is 101 cm³/mol. The molecule has 0 aliphatic carbocycles. The normalized spacial score (nSPS) is 16.4. The molecule has 0 saturated carbocycles. The summed E-state index contributed by atoms with van der Waals surface area (Å²) < 4.78 is 32.4. The number of aliphatic hydroxyl groups excluding tert-OH is 1. The molecule has 1 fully saturated rings. The molecule has 142 valence electrons.